The molecule has 0 unspecified atom stereocenters. The molecule has 1 N–H and O–H groups in total. The molecule has 0 bridgehead atoms. The van der Waals surface area contributed by atoms with E-state index in [1.54, 1.807) is 0 Å². The Balaban J connectivity index is 1.90. The lowest BCUT2D eigenvalue weighted by Crippen LogP contribution is -2.29. The molecule has 0 fully saturated rings. The van der Waals surface area contributed by atoms with Gasteiger partial charge in [0.15, 0.2) is 0 Å². The maximum Gasteiger partial charge on any atom is 0.122 e. The first-order valence-corrected chi connectivity index (χ1v) is 5.55. The summed E-state index contributed by atoms with van der Waals surface area (Å²) >= 11 is 0. The van der Waals surface area contributed by atoms with Gasteiger partial charge < -0.3 is 14.5 Å². The van der Waals surface area contributed by atoms with Crippen molar-refractivity contribution in [3.63, 3.8) is 0 Å². The Kier molecular flexibility index (Phi) is 2.25. The molecule has 0 amide bonds. The van der Waals surface area contributed by atoms with E-state index >= 15 is 0 Å². The lowest BCUT2D eigenvalue weighted by molar-refractivity contribution is 0.494. The normalized spacial score (nSPS) is 15.1. The number of aryl methyl sites for hydroxylation is 1. The fourth-order valence-corrected chi connectivity index (χ4v) is 2.13. The lowest BCUT2D eigenvalue weighted by Gasteiger charge is -2.17. The van der Waals surface area contributed by atoms with Crippen LogP contribution in [0.25, 0.3) is 0 Å². The molecule has 3 rings (SSSR count). The smallest absolute Gasteiger partial charge is 0.122 e. The zero-order valence-electron chi connectivity index (χ0n) is 9.35. The Morgan fingerprint density at radius 1 is 1.44 bits per heavy atom. The summed E-state index contributed by atoms with van der Waals surface area (Å²) < 4.78 is 4.35. The van der Waals surface area contributed by atoms with Crippen molar-refractivity contribution < 1.29 is 0 Å². The maximum atomic E-state index is 4.43. The van der Waals surface area contributed by atoms with Gasteiger partial charge >= 0.3 is 0 Å². The number of nitrogens with zero attached hydrogens (tertiary/aromatic N) is 4. The third-order valence-electron chi connectivity index (χ3n) is 3.08. The summed E-state index contributed by atoms with van der Waals surface area (Å²) in [5.74, 6) is 2.22. The summed E-state index contributed by atoms with van der Waals surface area (Å²) in [4.78, 5) is 8.78. The van der Waals surface area contributed by atoms with Gasteiger partial charge in [0.25, 0.3) is 0 Å². The predicted molar refractivity (Wildman–Crippen MR) is 59.9 cm³/mol. The molecule has 0 aromatic carbocycles. The van der Waals surface area contributed by atoms with Crippen LogP contribution in [0.3, 0.4) is 0 Å². The molecule has 0 saturated heterocycles. The molecule has 2 aromatic rings. The molecule has 5 nitrogen and oxygen atoms in total. The standard InChI is InChI=1S/C11H15N5/c1-15-4-3-13-10(15)6-9-7-14-11-8-12-2-5-16(9)11/h3-4,7,12H,2,5-6,8H2,1H3. The van der Waals surface area contributed by atoms with Gasteiger partial charge in [0.1, 0.15) is 11.6 Å². The molecule has 2 aromatic heterocycles. The fraction of sp³-hybridized carbons (Fsp3) is 0.455. The van der Waals surface area contributed by atoms with Crippen LogP contribution in [0.5, 0.6) is 0 Å². The number of imidazole rings is 2. The molecule has 5 heteroatoms. The number of fused-ring (bicyclic) bond motifs is 1. The SMILES string of the molecule is Cn1ccnc1Cc1cnc2n1CCNC2. The lowest BCUT2D eigenvalue weighted by atomic mass is 10.3. The van der Waals surface area contributed by atoms with Crippen LogP contribution in [0.4, 0.5) is 0 Å². The summed E-state index contributed by atoms with van der Waals surface area (Å²) in [6.07, 6.45) is 6.64. The van der Waals surface area contributed by atoms with E-state index in [9.17, 15) is 0 Å². The van der Waals surface area contributed by atoms with Crippen molar-refractivity contribution in [2.75, 3.05) is 6.54 Å². The molecule has 16 heavy (non-hydrogen) atoms. The summed E-state index contributed by atoms with van der Waals surface area (Å²) in [6, 6.07) is 0. The number of rotatable bonds is 2. The van der Waals surface area contributed by atoms with Gasteiger partial charge in [-0.1, -0.05) is 0 Å². The molecule has 3 heterocycles. The first kappa shape index (κ1) is 9.59. The van der Waals surface area contributed by atoms with Crippen LogP contribution in [0.2, 0.25) is 0 Å². The van der Waals surface area contributed by atoms with E-state index in [4.69, 9.17) is 0 Å². The van der Waals surface area contributed by atoms with Crippen LogP contribution in [-0.2, 0) is 26.6 Å². The van der Waals surface area contributed by atoms with Crippen LogP contribution in [0, 0.1) is 0 Å². The first-order chi connectivity index (χ1) is 7.84. The minimum atomic E-state index is 0.858. The van der Waals surface area contributed by atoms with Crippen LogP contribution < -0.4 is 5.32 Å². The van der Waals surface area contributed by atoms with Gasteiger partial charge in [-0.25, -0.2) is 9.97 Å². The highest BCUT2D eigenvalue weighted by Gasteiger charge is 2.14. The second-order valence-corrected chi connectivity index (χ2v) is 4.13. The van der Waals surface area contributed by atoms with Crippen LogP contribution in [0.1, 0.15) is 17.3 Å². The maximum absolute atomic E-state index is 4.43. The van der Waals surface area contributed by atoms with Gasteiger partial charge in [-0.05, 0) is 0 Å². The molecule has 0 aliphatic carbocycles. The molecule has 1 aliphatic rings. The Bertz CT molecular complexity index is 496. The van der Waals surface area contributed by atoms with Crippen molar-refractivity contribution in [1.82, 2.24) is 24.4 Å². The van der Waals surface area contributed by atoms with Crippen molar-refractivity contribution in [2.45, 2.75) is 19.5 Å². The van der Waals surface area contributed by atoms with E-state index in [0.717, 1.165) is 37.7 Å². The monoisotopic (exact) mass is 217 g/mol. The van der Waals surface area contributed by atoms with E-state index in [2.05, 4.69) is 24.4 Å². The summed E-state index contributed by atoms with van der Waals surface area (Å²) in [6.45, 7) is 2.91. The summed E-state index contributed by atoms with van der Waals surface area (Å²) in [7, 11) is 2.03. The van der Waals surface area contributed by atoms with Gasteiger partial charge in [-0.15, -0.1) is 0 Å². The van der Waals surface area contributed by atoms with Gasteiger partial charge in [0, 0.05) is 50.8 Å². The zero-order valence-corrected chi connectivity index (χ0v) is 9.35. The number of hydrogen-bond acceptors (Lipinski definition) is 3. The van der Waals surface area contributed by atoms with Gasteiger partial charge in [0.05, 0.1) is 6.54 Å². The van der Waals surface area contributed by atoms with E-state index in [1.165, 1.54) is 5.69 Å². The quantitative estimate of drug-likeness (QED) is 0.787. The molecule has 0 saturated carbocycles. The fourth-order valence-electron chi connectivity index (χ4n) is 2.13. The predicted octanol–water partition coefficient (Wildman–Crippen LogP) is 0.311. The summed E-state index contributed by atoms with van der Waals surface area (Å²) in [5, 5.41) is 3.32. The van der Waals surface area contributed by atoms with Crippen LogP contribution in [0.15, 0.2) is 18.6 Å². The van der Waals surface area contributed by atoms with E-state index in [0.29, 0.717) is 0 Å². The highest BCUT2D eigenvalue weighted by molar-refractivity contribution is 5.13. The second-order valence-electron chi connectivity index (χ2n) is 4.13. The molecule has 0 spiro atoms. The average Bonchev–Trinajstić information content (AvgIpc) is 2.88. The summed E-state index contributed by atoms with van der Waals surface area (Å²) in [5.41, 5.74) is 1.26. The van der Waals surface area contributed by atoms with Crippen molar-refractivity contribution in [2.24, 2.45) is 7.05 Å². The van der Waals surface area contributed by atoms with E-state index in [1.807, 2.05) is 25.6 Å². The average molecular weight is 217 g/mol. The minimum absolute atomic E-state index is 0.858. The topological polar surface area (TPSA) is 47.7 Å². The largest absolute Gasteiger partial charge is 0.338 e. The zero-order chi connectivity index (χ0) is 11.0. The third kappa shape index (κ3) is 1.53. The Morgan fingerprint density at radius 3 is 3.19 bits per heavy atom. The molecule has 0 atom stereocenters. The molecular weight excluding hydrogens is 202 g/mol. The Labute approximate surface area is 94.1 Å². The Hall–Kier alpha value is -1.62. The highest BCUT2D eigenvalue weighted by atomic mass is 15.2. The number of hydrogen-bond donors (Lipinski definition) is 1. The number of aromatic nitrogens is 4. The third-order valence-corrected chi connectivity index (χ3v) is 3.08. The van der Waals surface area contributed by atoms with E-state index in [-0.39, 0.29) is 0 Å². The van der Waals surface area contributed by atoms with E-state index < -0.39 is 0 Å². The van der Waals surface area contributed by atoms with Crippen molar-refractivity contribution >= 4 is 0 Å². The van der Waals surface area contributed by atoms with Gasteiger partial charge in [0.2, 0.25) is 0 Å². The second kappa shape index (κ2) is 3.75. The van der Waals surface area contributed by atoms with Gasteiger partial charge in [-0.3, -0.25) is 0 Å². The Morgan fingerprint density at radius 2 is 2.38 bits per heavy atom. The highest BCUT2D eigenvalue weighted by Crippen LogP contribution is 2.12. The van der Waals surface area contributed by atoms with Crippen LogP contribution >= 0.6 is 0 Å². The molecule has 1 aliphatic heterocycles. The van der Waals surface area contributed by atoms with Gasteiger partial charge in [-0.2, -0.15) is 0 Å². The van der Waals surface area contributed by atoms with Crippen LogP contribution in [-0.4, -0.2) is 25.6 Å². The number of nitrogens with one attached hydrogen (secondary N) is 1. The first-order valence-electron chi connectivity index (χ1n) is 5.55. The molecule has 84 valence electrons. The molecular formula is C11H15N5. The van der Waals surface area contributed by atoms with Crippen molar-refractivity contribution in [3.05, 3.63) is 35.9 Å². The minimum Gasteiger partial charge on any atom is -0.338 e. The van der Waals surface area contributed by atoms with Crippen molar-refractivity contribution in [3.8, 4) is 0 Å². The van der Waals surface area contributed by atoms with Crippen molar-refractivity contribution in [1.29, 1.82) is 0 Å². The molecule has 0 radical (unpaired) electrons.